The molecule has 158 valence electrons. The summed E-state index contributed by atoms with van der Waals surface area (Å²) >= 11 is 0. The van der Waals surface area contributed by atoms with Gasteiger partial charge in [0.2, 0.25) is 0 Å². The van der Waals surface area contributed by atoms with E-state index in [1.54, 1.807) is 14.2 Å². The lowest BCUT2D eigenvalue weighted by molar-refractivity contribution is 0.369. The second kappa shape index (κ2) is 10.6. The minimum absolute atomic E-state index is 0. The van der Waals surface area contributed by atoms with E-state index in [-0.39, 0.29) is 17.0 Å². The molecule has 0 saturated carbocycles. The summed E-state index contributed by atoms with van der Waals surface area (Å²) in [7, 11) is 3.48. The highest BCUT2D eigenvalue weighted by Crippen LogP contribution is 2.37. The summed E-state index contributed by atoms with van der Waals surface area (Å²) in [6, 6.07) is 26.0. The molecule has 4 heteroatoms. The first-order chi connectivity index (χ1) is 14.3. The van der Waals surface area contributed by atoms with E-state index >= 15 is 0 Å². The van der Waals surface area contributed by atoms with Gasteiger partial charge in [0.1, 0.15) is 11.5 Å². The maximum absolute atomic E-state index is 5.54. The van der Waals surface area contributed by atoms with Gasteiger partial charge in [0.05, 0.1) is 14.2 Å². The molecule has 1 aliphatic carbocycles. The SMILES string of the molecule is Br.COc1ccc2c(c1)[C@@H](Cc1ccccc1)[C@@H](NCc1ccccc1OC)CC2. The Bertz CT molecular complexity index is 945. The molecule has 0 heterocycles. The lowest BCUT2D eigenvalue weighted by Gasteiger charge is -2.35. The molecule has 0 aliphatic heterocycles. The van der Waals surface area contributed by atoms with Crippen LogP contribution in [0.4, 0.5) is 0 Å². The molecule has 0 unspecified atom stereocenters. The summed E-state index contributed by atoms with van der Waals surface area (Å²) in [6.45, 7) is 0.805. The predicted octanol–water partition coefficient (Wildman–Crippen LogP) is 5.71. The van der Waals surface area contributed by atoms with Crippen LogP contribution >= 0.6 is 17.0 Å². The van der Waals surface area contributed by atoms with Crippen LogP contribution in [0.2, 0.25) is 0 Å². The molecule has 2 atom stereocenters. The van der Waals surface area contributed by atoms with Crippen LogP contribution in [0.15, 0.2) is 72.8 Å². The lowest BCUT2D eigenvalue weighted by Crippen LogP contribution is -2.39. The van der Waals surface area contributed by atoms with E-state index in [0.717, 1.165) is 37.3 Å². The maximum atomic E-state index is 5.54. The fourth-order valence-corrected chi connectivity index (χ4v) is 4.46. The van der Waals surface area contributed by atoms with Gasteiger partial charge in [0.25, 0.3) is 0 Å². The maximum Gasteiger partial charge on any atom is 0.123 e. The number of aryl methyl sites for hydroxylation is 1. The normalized spacial score (nSPS) is 17.5. The molecule has 3 nitrogen and oxygen atoms in total. The number of hydrogen-bond donors (Lipinski definition) is 1. The summed E-state index contributed by atoms with van der Waals surface area (Å²) < 4.78 is 11.1. The Balaban J connectivity index is 0.00000256. The largest absolute Gasteiger partial charge is 0.497 e. The third-order valence-corrected chi connectivity index (χ3v) is 6.01. The number of rotatable bonds is 7. The molecule has 4 rings (SSSR count). The number of halogens is 1. The quantitative estimate of drug-likeness (QED) is 0.482. The van der Waals surface area contributed by atoms with Gasteiger partial charge in [-0.2, -0.15) is 0 Å². The number of benzene rings is 3. The second-order valence-electron chi connectivity index (χ2n) is 7.70. The van der Waals surface area contributed by atoms with Gasteiger partial charge in [0.15, 0.2) is 0 Å². The Morgan fingerprint density at radius 2 is 1.67 bits per heavy atom. The molecule has 1 N–H and O–H groups in total. The van der Waals surface area contributed by atoms with Crippen molar-refractivity contribution < 1.29 is 9.47 Å². The first kappa shape index (κ1) is 22.4. The zero-order valence-corrected chi connectivity index (χ0v) is 19.3. The van der Waals surface area contributed by atoms with E-state index in [4.69, 9.17) is 9.47 Å². The van der Waals surface area contributed by atoms with E-state index in [0.29, 0.717) is 12.0 Å². The Morgan fingerprint density at radius 3 is 2.43 bits per heavy atom. The molecular formula is C26H30BrNO2. The lowest BCUT2D eigenvalue weighted by atomic mass is 9.76. The molecule has 1 aliphatic rings. The third kappa shape index (κ3) is 5.05. The molecule has 0 aromatic heterocycles. The van der Waals surface area contributed by atoms with Gasteiger partial charge >= 0.3 is 0 Å². The zero-order valence-electron chi connectivity index (χ0n) is 17.6. The first-order valence-electron chi connectivity index (χ1n) is 10.3. The molecule has 0 bridgehead atoms. The van der Waals surface area contributed by atoms with Crippen LogP contribution in [0.1, 0.15) is 34.6 Å². The van der Waals surface area contributed by atoms with E-state index in [2.05, 4.69) is 66.0 Å². The summed E-state index contributed by atoms with van der Waals surface area (Å²) in [6.07, 6.45) is 3.24. The molecule has 30 heavy (non-hydrogen) atoms. The number of fused-ring (bicyclic) bond motifs is 1. The minimum Gasteiger partial charge on any atom is -0.497 e. The van der Waals surface area contributed by atoms with Gasteiger partial charge in [-0.15, -0.1) is 17.0 Å². The molecule has 0 amide bonds. The van der Waals surface area contributed by atoms with Gasteiger partial charge in [-0.25, -0.2) is 0 Å². The van der Waals surface area contributed by atoms with Gasteiger partial charge in [0, 0.05) is 24.1 Å². The van der Waals surface area contributed by atoms with Crippen LogP contribution in [0.5, 0.6) is 11.5 Å². The standard InChI is InChI=1S/C26H29NO2.BrH/c1-28-22-14-12-20-13-15-25(27-18-21-10-6-7-11-26(21)29-2)24(23(20)17-22)16-19-8-4-3-5-9-19;/h3-12,14,17,24-25,27H,13,15-16,18H2,1-2H3;1H/t24-,25+;/m1./s1. The van der Waals surface area contributed by atoms with Crippen molar-refractivity contribution in [2.24, 2.45) is 0 Å². The molecule has 0 radical (unpaired) electrons. The van der Waals surface area contributed by atoms with Crippen molar-refractivity contribution >= 4 is 17.0 Å². The van der Waals surface area contributed by atoms with Crippen molar-refractivity contribution in [2.45, 2.75) is 37.8 Å². The van der Waals surface area contributed by atoms with Gasteiger partial charge in [-0.1, -0.05) is 54.6 Å². The van der Waals surface area contributed by atoms with Crippen molar-refractivity contribution in [3.63, 3.8) is 0 Å². The monoisotopic (exact) mass is 467 g/mol. The van der Waals surface area contributed by atoms with Crippen LogP contribution < -0.4 is 14.8 Å². The van der Waals surface area contributed by atoms with Crippen molar-refractivity contribution in [2.75, 3.05) is 14.2 Å². The van der Waals surface area contributed by atoms with Gasteiger partial charge < -0.3 is 14.8 Å². The van der Waals surface area contributed by atoms with Crippen LogP contribution in [0.3, 0.4) is 0 Å². The number of ether oxygens (including phenoxy) is 2. The van der Waals surface area contributed by atoms with Crippen LogP contribution in [0.25, 0.3) is 0 Å². The van der Waals surface area contributed by atoms with Crippen LogP contribution in [0, 0.1) is 0 Å². The van der Waals surface area contributed by atoms with Crippen molar-refractivity contribution in [3.8, 4) is 11.5 Å². The van der Waals surface area contributed by atoms with E-state index < -0.39 is 0 Å². The summed E-state index contributed by atoms with van der Waals surface area (Å²) in [5.74, 6) is 2.29. The highest BCUT2D eigenvalue weighted by molar-refractivity contribution is 8.93. The highest BCUT2D eigenvalue weighted by atomic mass is 79.9. The Hall–Kier alpha value is -2.30. The van der Waals surface area contributed by atoms with E-state index in [9.17, 15) is 0 Å². The molecule has 0 saturated heterocycles. The topological polar surface area (TPSA) is 30.5 Å². The molecule has 3 aromatic carbocycles. The molecule has 0 fully saturated rings. The Morgan fingerprint density at radius 1 is 0.900 bits per heavy atom. The zero-order chi connectivity index (χ0) is 20.1. The fourth-order valence-electron chi connectivity index (χ4n) is 4.46. The number of nitrogens with one attached hydrogen (secondary N) is 1. The third-order valence-electron chi connectivity index (χ3n) is 6.01. The number of hydrogen-bond acceptors (Lipinski definition) is 3. The minimum atomic E-state index is 0. The Kier molecular flexibility index (Phi) is 7.94. The van der Waals surface area contributed by atoms with Crippen molar-refractivity contribution in [1.29, 1.82) is 0 Å². The molecule has 0 spiro atoms. The smallest absolute Gasteiger partial charge is 0.123 e. The Labute approximate surface area is 190 Å². The molecule has 3 aromatic rings. The van der Waals surface area contributed by atoms with Crippen molar-refractivity contribution in [3.05, 3.63) is 95.1 Å². The average Bonchev–Trinajstić information content (AvgIpc) is 2.79. The molecular weight excluding hydrogens is 438 g/mol. The fraction of sp³-hybridized carbons (Fsp3) is 0.308. The van der Waals surface area contributed by atoms with Gasteiger partial charge in [-0.05, 0) is 54.2 Å². The summed E-state index contributed by atoms with van der Waals surface area (Å²) in [5.41, 5.74) is 5.43. The van der Waals surface area contributed by atoms with Crippen LogP contribution in [-0.4, -0.2) is 20.3 Å². The van der Waals surface area contributed by atoms with E-state index in [1.165, 1.54) is 22.3 Å². The number of para-hydroxylation sites is 1. The summed E-state index contributed by atoms with van der Waals surface area (Å²) in [4.78, 5) is 0. The second-order valence-corrected chi connectivity index (χ2v) is 7.70. The number of methoxy groups -OCH3 is 2. The predicted molar refractivity (Wildman–Crippen MR) is 128 cm³/mol. The van der Waals surface area contributed by atoms with Gasteiger partial charge in [-0.3, -0.25) is 0 Å². The average molecular weight is 468 g/mol. The highest BCUT2D eigenvalue weighted by Gasteiger charge is 2.30. The first-order valence-corrected chi connectivity index (χ1v) is 10.3. The van der Waals surface area contributed by atoms with Crippen molar-refractivity contribution in [1.82, 2.24) is 5.32 Å². The van der Waals surface area contributed by atoms with E-state index in [1.807, 2.05) is 12.1 Å². The summed E-state index contributed by atoms with van der Waals surface area (Å²) in [5, 5.41) is 3.84. The van der Waals surface area contributed by atoms with Crippen LogP contribution in [-0.2, 0) is 19.4 Å².